The highest BCUT2D eigenvalue weighted by molar-refractivity contribution is 5.58. The van der Waals surface area contributed by atoms with Crippen molar-refractivity contribution in [3.05, 3.63) is 40.8 Å². The van der Waals surface area contributed by atoms with Crippen LogP contribution in [0.15, 0.2) is 33.9 Å². The van der Waals surface area contributed by atoms with Crippen LogP contribution in [0.2, 0.25) is 0 Å². The van der Waals surface area contributed by atoms with Gasteiger partial charge in [0.25, 0.3) is 5.56 Å². The number of pyridine rings is 1. The smallest absolute Gasteiger partial charge is 0.261 e. The quantitative estimate of drug-likeness (QED) is 0.810. The van der Waals surface area contributed by atoms with Gasteiger partial charge in [-0.2, -0.15) is 0 Å². The minimum Gasteiger partial charge on any atom is -0.443 e. The first-order valence-corrected chi connectivity index (χ1v) is 5.84. The van der Waals surface area contributed by atoms with Crippen LogP contribution in [0.5, 0.6) is 0 Å². The van der Waals surface area contributed by atoms with Crippen molar-refractivity contribution < 1.29 is 4.42 Å². The molecular weight excluding hydrogens is 216 g/mol. The van der Waals surface area contributed by atoms with Gasteiger partial charge in [0, 0.05) is 13.2 Å². The third-order valence-electron chi connectivity index (χ3n) is 3.19. The zero-order chi connectivity index (χ0) is 11.8. The van der Waals surface area contributed by atoms with Crippen LogP contribution in [0.1, 0.15) is 18.5 Å². The summed E-state index contributed by atoms with van der Waals surface area (Å²) in [6, 6.07) is 3.64. The number of oxazole rings is 1. The Labute approximate surface area is 98.9 Å². The maximum atomic E-state index is 12.0. The second-order valence-corrected chi connectivity index (χ2v) is 4.61. The first kappa shape index (κ1) is 10.3. The van der Waals surface area contributed by atoms with E-state index in [2.05, 4.69) is 4.98 Å². The largest absolute Gasteiger partial charge is 0.443 e. The number of rotatable bonds is 3. The lowest BCUT2D eigenvalue weighted by Crippen LogP contribution is -2.17. The highest BCUT2D eigenvalue weighted by atomic mass is 16.3. The van der Waals surface area contributed by atoms with Crippen LogP contribution in [0.3, 0.4) is 0 Å². The average molecular weight is 230 g/mol. The molecule has 1 aliphatic rings. The van der Waals surface area contributed by atoms with Crippen molar-refractivity contribution in [2.75, 3.05) is 0 Å². The first-order chi connectivity index (χ1) is 8.25. The summed E-state index contributed by atoms with van der Waals surface area (Å²) in [6.45, 7) is 0. The van der Waals surface area contributed by atoms with Crippen LogP contribution >= 0.6 is 0 Å². The zero-order valence-electron chi connectivity index (χ0n) is 9.72. The maximum Gasteiger partial charge on any atom is 0.261 e. The van der Waals surface area contributed by atoms with Gasteiger partial charge in [0.15, 0.2) is 12.2 Å². The number of nitrogens with zero attached hydrogens (tertiary/aromatic N) is 2. The highest BCUT2D eigenvalue weighted by Crippen LogP contribution is 2.34. The molecule has 0 unspecified atom stereocenters. The Bertz CT molecular complexity index is 593. The Kier molecular flexibility index (Phi) is 2.35. The number of hydrogen-bond donors (Lipinski definition) is 0. The van der Waals surface area contributed by atoms with E-state index in [4.69, 9.17) is 4.42 Å². The molecular formula is C13H14N2O2. The van der Waals surface area contributed by atoms with Crippen molar-refractivity contribution >= 4 is 0 Å². The van der Waals surface area contributed by atoms with Crippen molar-refractivity contribution in [1.82, 2.24) is 9.55 Å². The molecule has 0 atom stereocenters. The molecule has 17 heavy (non-hydrogen) atoms. The number of hydrogen-bond acceptors (Lipinski definition) is 3. The van der Waals surface area contributed by atoms with Crippen LogP contribution in [-0.4, -0.2) is 9.55 Å². The fourth-order valence-corrected chi connectivity index (χ4v) is 2.00. The van der Waals surface area contributed by atoms with E-state index in [1.54, 1.807) is 23.9 Å². The minimum absolute atomic E-state index is 0.0405. The van der Waals surface area contributed by atoms with Gasteiger partial charge in [-0.25, -0.2) is 4.98 Å². The summed E-state index contributed by atoms with van der Waals surface area (Å²) < 4.78 is 6.95. The second kappa shape index (κ2) is 3.87. The Morgan fingerprint density at radius 1 is 1.53 bits per heavy atom. The predicted molar refractivity (Wildman–Crippen MR) is 63.6 cm³/mol. The molecule has 1 saturated carbocycles. The molecule has 0 radical (unpaired) electrons. The molecule has 2 aromatic heterocycles. The van der Waals surface area contributed by atoms with Gasteiger partial charge in [-0.3, -0.25) is 4.79 Å². The van der Waals surface area contributed by atoms with E-state index in [0.717, 1.165) is 18.0 Å². The molecule has 0 N–H and O–H groups in total. The van der Waals surface area contributed by atoms with E-state index in [1.807, 2.05) is 6.07 Å². The van der Waals surface area contributed by atoms with Gasteiger partial charge in [0.2, 0.25) is 0 Å². The maximum absolute atomic E-state index is 12.0. The standard InChI is InChI=1S/C13H14N2O2/c1-15-6-2-3-10(13(15)16)12-11(14-8-17-12)7-9-4-5-9/h2-3,6,8-9H,4-5,7H2,1H3. The molecule has 4 nitrogen and oxygen atoms in total. The molecule has 1 fully saturated rings. The van der Waals surface area contributed by atoms with Gasteiger partial charge in [0.1, 0.15) is 0 Å². The van der Waals surface area contributed by atoms with Gasteiger partial charge in [-0.1, -0.05) is 0 Å². The monoisotopic (exact) mass is 230 g/mol. The summed E-state index contributed by atoms with van der Waals surface area (Å²) in [5.74, 6) is 1.37. The van der Waals surface area contributed by atoms with Gasteiger partial charge >= 0.3 is 0 Å². The third-order valence-corrected chi connectivity index (χ3v) is 3.19. The minimum atomic E-state index is -0.0405. The summed E-state index contributed by atoms with van der Waals surface area (Å²) in [7, 11) is 1.74. The van der Waals surface area contributed by atoms with Gasteiger partial charge in [-0.15, -0.1) is 0 Å². The lowest BCUT2D eigenvalue weighted by atomic mass is 10.1. The molecule has 0 aliphatic heterocycles. The topological polar surface area (TPSA) is 48.0 Å². The second-order valence-electron chi connectivity index (χ2n) is 4.61. The van der Waals surface area contributed by atoms with Gasteiger partial charge in [0.05, 0.1) is 11.3 Å². The van der Waals surface area contributed by atoms with Crippen LogP contribution in [-0.2, 0) is 13.5 Å². The fraction of sp³-hybridized carbons (Fsp3) is 0.385. The van der Waals surface area contributed by atoms with Crippen LogP contribution in [0.25, 0.3) is 11.3 Å². The van der Waals surface area contributed by atoms with E-state index >= 15 is 0 Å². The molecule has 2 aromatic rings. The molecule has 3 rings (SSSR count). The average Bonchev–Trinajstić information content (AvgIpc) is 3.01. The normalized spacial score (nSPS) is 15.1. The molecule has 0 spiro atoms. The van der Waals surface area contributed by atoms with Crippen molar-refractivity contribution in [2.45, 2.75) is 19.3 Å². The van der Waals surface area contributed by atoms with E-state index in [9.17, 15) is 4.79 Å². The zero-order valence-corrected chi connectivity index (χ0v) is 9.72. The van der Waals surface area contributed by atoms with Gasteiger partial charge < -0.3 is 8.98 Å². The molecule has 1 aliphatic carbocycles. The highest BCUT2D eigenvalue weighted by Gasteiger charge is 2.25. The molecule has 0 bridgehead atoms. The summed E-state index contributed by atoms with van der Waals surface area (Å²) in [6.07, 6.45) is 6.62. The Balaban J connectivity index is 2.05. The third kappa shape index (κ3) is 1.90. The first-order valence-electron chi connectivity index (χ1n) is 5.84. The number of aromatic nitrogens is 2. The van der Waals surface area contributed by atoms with Crippen molar-refractivity contribution in [2.24, 2.45) is 13.0 Å². The number of aryl methyl sites for hydroxylation is 1. The lowest BCUT2D eigenvalue weighted by molar-refractivity contribution is 0.568. The Morgan fingerprint density at radius 2 is 2.35 bits per heavy atom. The summed E-state index contributed by atoms with van der Waals surface area (Å²) in [5, 5.41) is 0. The summed E-state index contributed by atoms with van der Waals surface area (Å²) in [4.78, 5) is 16.2. The van der Waals surface area contributed by atoms with E-state index < -0.39 is 0 Å². The fourth-order valence-electron chi connectivity index (χ4n) is 2.00. The lowest BCUT2D eigenvalue weighted by Gasteiger charge is -2.02. The summed E-state index contributed by atoms with van der Waals surface area (Å²) in [5.41, 5.74) is 1.47. The molecule has 88 valence electrons. The SMILES string of the molecule is Cn1cccc(-c2ocnc2CC2CC2)c1=O. The van der Waals surface area contributed by atoms with Crippen LogP contribution in [0, 0.1) is 5.92 Å². The molecule has 4 heteroatoms. The van der Waals surface area contributed by atoms with Crippen LogP contribution < -0.4 is 5.56 Å². The predicted octanol–water partition coefficient (Wildman–Crippen LogP) is 1.99. The van der Waals surface area contributed by atoms with E-state index in [-0.39, 0.29) is 5.56 Å². The Morgan fingerprint density at radius 3 is 3.12 bits per heavy atom. The molecule has 0 amide bonds. The van der Waals surface area contributed by atoms with Crippen molar-refractivity contribution in [1.29, 1.82) is 0 Å². The molecule has 2 heterocycles. The molecule has 0 saturated heterocycles. The van der Waals surface area contributed by atoms with E-state index in [0.29, 0.717) is 11.3 Å². The van der Waals surface area contributed by atoms with Gasteiger partial charge in [-0.05, 0) is 37.3 Å². The Hall–Kier alpha value is -1.84. The van der Waals surface area contributed by atoms with Crippen LogP contribution in [0.4, 0.5) is 0 Å². The van der Waals surface area contributed by atoms with Crippen molar-refractivity contribution in [3.8, 4) is 11.3 Å². The van der Waals surface area contributed by atoms with Crippen molar-refractivity contribution in [3.63, 3.8) is 0 Å². The van der Waals surface area contributed by atoms with E-state index in [1.165, 1.54) is 19.2 Å². The summed E-state index contributed by atoms with van der Waals surface area (Å²) >= 11 is 0. The molecule has 0 aromatic carbocycles.